The van der Waals surface area contributed by atoms with E-state index in [4.69, 9.17) is 0 Å². The smallest absolute Gasteiger partial charge is 0.223 e. The van der Waals surface area contributed by atoms with Crippen molar-refractivity contribution in [1.29, 1.82) is 0 Å². The lowest BCUT2D eigenvalue weighted by Crippen LogP contribution is -2.47. The van der Waals surface area contributed by atoms with E-state index in [0.29, 0.717) is 37.9 Å². The van der Waals surface area contributed by atoms with Gasteiger partial charge in [-0.15, -0.1) is 0 Å². The average molecular weight is 316 g/mol. The molecule has 2 rings (SSSR count). The molecule has 0 spiro atoms. The van der Waals surface area contributed by atoms with E-state index >= 15 is 0 Å². The first-order chi connectivity index (χ1) is 9.94. The molecular formula is C15H28N2O3S. The summed E-state index contributed by atoms with van der Waals surface area (Å²) in [4.78, 5) is 12.4. The van der Waals surface area contributed by atoms with Gasteiger partial charge < -0.3 is 5.32 Å². The first kappa shape index (κ1) is 16.7. The van der Waals surface area contributed by atoms with Crippen LogP contribution in [0.3, 0.4) is 0 Å². The van der Waals surface area contributed by atoms with Crippen molar-refractivity contribution in [2.24, 2.45) is 11.8 Å². The Hall–Kier alpha value is -0.620. The molecule has 1 amide bonds. The van der Waals surface area contributed by atoms with E-state index in [0.717, 1.165) is 6.42 Å². The second-order valence-corrected chi connectivity index (χ2v) is 8.71. The molecule has 1 aliphatic heterocycles. The lowest BCUT2D eigenvalue weighted by atomic mass is 9.85. The molecule has 1 aliphatic carbocycles. The van der Waals surface area contributed by atoms with Gasteiger partial charge in [0.2, 0.25) is 15.9 Å². The first-order valence-corrected chi connectivity index (χ1v) is 9.83. The highest BCUT2D eigenvalue weighted by Gasteiger charge is 2.32. The van der Waals surface area contributed by atoms with Gasteiger partial charge in [-0.25, -0.2) is 12.7 Å². The van der Waals surface area contributed by atoms with Crippen LogP contribution in [0.25, 0.3) is 0 Å². The summed E-state index contributed by atoms with van der Waals surface area (Å²) in [5.74, 6) is 0.802. The zero-order valence-corrected chi connectivity index (χ0v) is 14.0. The molecule has 0 aromatic heterocycles. The summed E-state index contributed by atoms with van der Waals surface area (Å²) in [5, 5.41) is 3.20. The average Bonchev–Trinajstić information content (AvgIpc) is 2.49. The summed E-state index contributed by atoms with van der Waals surface area (Å²) in [7, 11) is -3.10. The number of sulfonamides is 1. The quantitative estimate of drug-likeness (QED) is 0.859. The Morgan fingerprint density at radius 2 is 1.76 bits per heavy atom. The van der Waals surface area contributed by atoms with Crippen molar-refractivity contribution in [1.82, 2.24) is 9.62 Å². The monoisotopic (exact) mass is 316 g/mol. The number of carbonyl (C=O) groups excluding carboxylic acids is 1. The molecule has 1 heterocycles. The minimum Gasteiger partial charge on any atom is -0.353 e. The number of nitrogens with one attached hydrogen (secondary N) is 1. The highest BCUT2D eigenvalue weighted by atomic mass is 32.2. The van der Waals surface area contributed by atoms with E-state index in [1.807, 2.05) is 0 Å². The fourth-order valence-electron chi connectivity index (χ4n) is 3.41. The number of hydrogen-bond acceptors (Lipinski definition) is 3. The lowest BCUT2D eigenvalue weighted by Gasteiger charge is -2.34. The van der Waals surface area contributed by atoms with Gasteiger partial charge in [-0.2, -0.15) is 0 Å². The molecule has 0 bridgehead atoms. The molecular weight excluding hydrogens is 288 g/mol. The first-order valence-electron chi connectivity index (χ1n) is 8.22. The molecule has 122 valence electrons. The highest BCUT2D eigenvalue weighted by molar-refractivity contribution is 7.89. The van der Waals surface area contributed by atoms with Gasteiger partial charge in [0, 0.05) is 25.0 Å². The van der Waals surface area contributed by atoms with Crippen LogP contribution in [0.15, 0.2) is 0 Å². The normalized spacial score (nSPS) is 29.2. The number of nitrogens with zero attached hydrogens (tertiary/aromatic N) is 1. The van der Waals surface area contributed by atoms with Gasteiger partial charge in [0.1, 0.15) is 0 Å². The maximum absolute atomic E-state index is 12.4. The molecule has 21 heavy (non-hydrogen) atoms. The molecule has 2 fully saturated rings. The number of rotatable bonds is 4. The zero-order valence-electron chi connectivity index (χ0n) is 13.2. The van der Waals surface area contributed by atoms with Crippen molar-refractivity contribution in [2.45, 2.75) is 58.4 Å². The van der Waals surface area contributed by atoms with E-state index < -0.39 is 10.0 Å². The van der Waals surface area contributed by atoms with Crippen LogP contribution in [-0.4, -0.2) is 43.5 Å². The molecule has 0 radical (unpaired) electrons. The van der Waals surface area contributed by atoms with Crippen LogP contribution in [-0.2, 0) is 14.8 Å². The third kappa shape index (κ3) is 4.19. The van der Waals surface area contributed by atoms with Crippen LogP contribution < -0.4 is 5.32 Å². The Morgan fingerprint density at radius 3 is 2.33 bits per heavy atom. The van der Waals surface area contributed by atoms with Crippen molar-refractivity contribution >= 4 is 15.9 Å². The van der Waals surface area contributed by atoms with E-state index in [-0.39, 0.29) is 17.6 Å². The second kappa shape index (κ2) is 7.09. The minimum absolute atomic E-state index is 0.0255. The summed E-state index contributed by atoms with van der Waals surface area (Å²) in [5.41, 5.74) is 0. The van der Waals surface area contributed by atoms with Gasteiger partial charge in [0.25, 0.3) is 0 Å². The van der Waals surface area contributed by atoms with E-state index in [1.165, 1.54) is 23.6 Å². The molecule has 1 saturated carbocycles. The summed E-state index contributed by atoms with van der Waals surface area (Å²) >= 11 is 0. The van der Waals surface area contributed by atoms with Gasteiger partial charge in [-0.3, -0.25) is 4.79 Å². The van der Waals surface area contributed by atoms with E-state index in [1.54, 1.807) is 6.92 Å². The summed E-state index contributed by atoms with van der Waals surface area (Å²) in [6, 6.07) is 0.309. The fraction of sp³-hybridized carbons (Fsp3) is 0.933. The standard InChI is InChI=1S/C15H28N2O3S/c1-3-21(19,20)17-10-8-13(9-11-17)15(18)16-14-7-5-4-6-12(14)2/h12-14H,3-11H2,1-2H3,(H,16,18)/t12-,14+/m0/s1. The van der Waals surface area contributed by atoms with Crippen molar-refractivity contribution in [2.75, 3.05) is 18.8 Å². The Labute approximate surface area is 128 Å². The number of carbonyl (C=O) groups is 1. The van der Waals surface area contributed by atoms with Gasteiger partial charge in [0.05, 0.1) is 5.75 Å². The van der Waals surface area contributed by atoms with Crippen LogP contribution in [0.4, 0.5) is 0 Å². The Bertz CT molecular complexity index is 456. The lowest BCUT2D eigenvalue weighted by molar-refractivity contribution is -0.127. The molecule has 0 aromatic carbocycles. The maximum atomic E-state index is 12.4. The van der Waals surface area contributed by atoms with Crippen molar-refractivity contribution in [3.8, 4) is 0 Å². The topological polar surface area (TPSA) is 66.5 Å². The summed E-state index contributed by atoms with van der Waals surface area (Å²) < 4.78 is 25.2. The molecule has 6 heteroatoms. The Kier molecular flexibility index (Phi) is 5.66. The molecule has 1 saturated heterocycles. The summed E-state index contributed by atoms with van der Waals surface area (Å²) in [6.45, 7) is 4.84. The third-order valence-corrected chi connectivity index (χ3v) is 6.90. The van der Waals surface area contributed by atoms with Crippen LogP contribution in [0, 0.1) is 11.8 Å². The fourth-order valence-corrected chi connectivity index (χ4v) is 4.54. The Balaban J connectivity index is 1.83. The second-order valence-electron chi connectivity index (χ2n) is 6.45. The van der Waals surface area contributed by atoms with Gasteiger partial charge in [0.15, 0.2) is 0 Å². The van der Waals surface area contributed by atoms with Crippen molar-refractivity contribution in [3.05, 3.63) is 0 Å². The van der Waals surface area contributed by atoms with Gasteiger partial charge in [-0.1, -0.05) is 19.8 Å². The highest BCUT2D eigenvalue weighted by Crippen LogP contribution is 2.25. The van der Waals surface area contributed by atoms with Gasteiger partial charge >= 0.3 is 0 Å². The van der Waals surface area contributed by atoms with E-state index in [9.17, 15) is 13.2 Å². The van der Waals surface area contributed by atoms with Crippen molar-refractivity contribution < 1.29 is 13.2 Å². The third-order valence-electron chi connectivity index (χ3n) is 5.02. The molecule has 2 aliphatic rings. The van der Waals surface area contributed by atoms with Crippen LogP contribution in [0.2, 0.25) is 0 Å². The largest absolute Gasteiger partial charge is 0.353 e. The molecule has 0 aromatic rings. The minimum atomic E-state index is -3.10. The molecule has 5 nitrogen and oxygen atoms in total. The number of amides is 1. The maximum Gasteiger partial charge on any atom is 0.223 e. The predicted octanol–water partition coefficient (Wildman–Crippen LogP) is 1.74. The molecule has 0 unspecified atom stereocenters. The van der Waals surface area contributed by atoms with Gasteiger partial charge in [-0.05, 0) is 38.5 Å². The Morgan fingerprint density at radius 1 is 1.14 bits per heavy atom. The molecule has 2 atom stereocenters. The summed E-state index contributed by atoms with van der Waals surface area (Å²) in [6.07, 6.45) is 6.02. The van der Waals surface area contributed by atoms with Crippen LogP contribution in [0.1, 0.15) is 52.4 Å². The number of piperidine rings is 1. The number of hydrogen-bond donors (Lipinski definition) is 1. The van der Waals surface area contributed by atoms with Crippen LogP contribution in [0.5, 0.6) is 0 Å². The van der Waals surface area contributed by atoms with Crippen molar-refractivity contribution in [3.63, 3.8) is 0 Å². The van der Waals surface area contributed by atoms with Crippen LogP contribution >= 0.6 is 0 Å². The predicted molar refractivity (Wildman–Crippen MR) is 83.3 cm³/mol. The molecule has 1 N–H and O–H groups in total. The van der Waals surface area contributed by atoms with E-state index in [2.05, 4.69) is 12.2 Å². The SMILES string of the molecule is CCS(=O)(=O)N1CCC(C(=O)N[C@@H]2CCCC[C@@H]2C)CC1. The zero-order chi connectivity index (χ0) is 15.5.